The van der Waals surface area contributed by atoms with Gasteiger partial charge in [0.2, 0.25) is 0 Å². The SMILES string of the molecule is OC(CNCCC1CCCO1)c1c(F)cccc1F. The molecule has 0 radical (unpaired) electrons. The second-order valence-corrected chi connectivity index (χ2v) is 4.78. The Morgan fingerprint density at radius 2 is 2.11 bits per heavy atom. The molecule has 0 aromatic heterocycles. The lowest BCUT2D eigenvalue weighted by molar-refractivity contribution is 0.102. The molecule has 1 aliphatic rings. The molecular formula is C14H19F2NO2. The minimum atomic E-state index is -1.18. The standard InChI is InChI=1S/C14H19F2NO2/c15-11-4-1-5-12(16)14(11)13(18)9-17-7-6-10-3-2-8-19-10/h1,4-5,10,13,17-18H,2-3,6-9H2. The van der Waals surface area contributed by atoms with Crippen molar-refractivity contribution in [2.45, 2.75) is 31.5 Å². The lowest BCUT2D eigenvalue weighted by Gasteiger charge is -2.15. The quantitative estimate of drug-likeness (QED) is 0.779. The van der Waals surface area contributed by atoms with Crippen LogP contribution in [0.15, 0.2) is 18.2 Å². The summed E-state index contributed by atoms with van der Waals surface area (Å²) in [5.74, 6) is -1.43. The van der Waals surface area contributed by atoms with Crippen LogP contribution >= 0.6 is 0 Å². The molecule has 0 spiro atoms. The summed E-state index contributed by atoms with van der Waals surface area (Å²) < 4.78 is 32.3. The van der Waals surface area contributed by atoms with Crippen molar-refractivity contribution in [1.29, 1.82) is 0 Å². The second kappa shape index (κ2) is 6.93. The lowest BCUT2D eigenvalue weighted by atomic mass is 10.1. The van der Waals surface area contributed by atoms with Crippen LogP contribution in [0.25, 0.3) is 0 Å². The average Bonchev–Trinajstić information content (AvgIpc) is 2.87. The monoisotopic (exact) mass is 271 g/mol. The highest BCUT2D eigenvalue weighted by Gasteiger charge is 2.18. The van der Waals surface area contributed by atoms with E-state index in [1.807, 2.05) is 0 Å². The number of benzene rings is 1. The van der Waals surface area contributed by atoms with Crippen LogP contribution in [0.2, 0.25) is 0 Å². The first-order valence-corrected chi connectivity index (χ1v) is 6.63. The highest BCUT2D eigenvalue weighted by Crippen LogP contribution is 2.20. The molecule has 1 heterocycles. The summed E-state index contributed by atoms with van der Waals surface area (Å²) in [4.78, 5) is 0. The van der Waals surface area contributed by atoms with E-state index in [-0.39, 0.29) is 18.2 Å². The van der Waals surface area contributed by atoms with E-state index in [1.165, 1.54) is 6.07 Å². The predicted molar refractivity (Wildman–Crippen MR) is 67.8 cm³/mol. The third-order valence-corrected chi connectivity index (χ3v) is 3.34. The zero-order valence-electron chi connectivity index (χ0n) is 10.7. The molecule has 1 fully saturated rings. The van der Waals surface area contributed by atoms with Crippen molar-refractivity contribution in [1.82, 2.24) is 5.32 Å². The molecule has 0 amide bonds. The first kappa shape index (κ1) is 14.4. The van der Waals surface area contributed by atoms with E-state index in [0.717, 1.165) is 38.0 Å². The Kier molecular flexibility index (Phi) is 5.24. The Balaban J connectivity index is 1.76. The van der Waals surface area contributed by atoms with Crippen molar-refractivity contribution < 1.29 is 18.6 Å². The van der Waals surface area contributed by atoms with Crippen LogP contribution in [0.3, 0.4) is 0 Å². The van der Waals surface area contributed by atoms with E-state index in [1.54, 1.807) is 0 Å². The van der Waals surface area contributed by atoms with Crippen LogP contribution < -0.4 is 5.32 Å². The summed E-state index contributed by atoms with van der Waals surface area (Å²) in [7, 11) is 0. The Morgan fingerprint density at radius 1 is 1.37 bits per heavy atom. The maximum Gasteiger partial charge on any atom is 0.131 e. The Morgan fingerprint density at radius 3 is 2.74 bits per heavy atom. The van der Waals surface area contributed by atoms with E-state index in [4.69, 9.17) is 4.74 Å². The van der Waals surface area contributed by atoms with Crippen LogP contribution in [0, 0.1) is 11.6 Å². The zero-order chi connectivity index (χ0) is 13.7. The highest BCUT2D eigenvalue weighted by atomic mass is 19.1. The minimum Gasteiger partial charge on any atom is -0.387 e. The van der Waals surface area contributed by atoms with Crippen molar-refractivity contribution in [3.63, 3.8) is 0 Å². The molecule has 0 saturated carbocycles. The van der Waals surface area contributed by atoms with E-state index >= 15 is 0 Å². The topological polar surface area (TPSA) is 41.5 Å². The summed E-state index contributed by atoms with van der Waals surface area (Å²) in [6.45, 7) is 1.61. The van der Waals surface area contributed by atoms with E-state index < -0.39 is 17.7 Å². The number of rotatable bonds is 6. The number of aliphatic hydroxyl groups excluding tert-OH is 1. The summed E-state index contributed by atoms with van der Waals surface area (Å²) >= 11 is 0. The van der Waals surface area contributed by atoms with Gasteiger partial charge in [0.1, 0.15) is 11.6 Å². The smallest absolute Gasteiger partial charge is 0.131 e. The van der Waals surface area contributed by atoms with Crippen LogP contribution in [-0.4, -0.2) is 30.9 Å². The largest absolute Gasteiger partial charge is 0.387 e. The van der Waals surface area contributed by atoms with Crippen molar-refractivity contribution in [3.8, 4) is 0 Å². The van der Waals surface area contributed by atoms with Gasteiger partial charge in [-0.1, -0.05) is 6.07 Å². The molecule has 2 rings (SSSR count). The molecular weight excluding hydrogens is 252 g/mol. The van der Waals surface area contributed by atoms with Crippen molar-refractivity contribution in [3.05, 3.63) is 35.4 Å². The van der Waals surface area contributed by atoms with Crippen LogP contribution in [0.4, 0.5) is 8.78 Å². The van der Waals surface area contributed by atoms with Crippen molar-refractivity contribution >= 4 is 0 Å². The number of hydrogen-bond acceptors (Lipinski definition) is 3. The van der Waals surface area contributed by atoms with Crippen LogP contribution in [0.5, 0.6) is 0 Å². The maximum atomic E-state index is 13.4. The summed E-state index contributed by atoms with van der Waals surface area (Å²) in [6.07, 6.45) is 2.10. The molecule has 1 saturated heterocycles. The molecule has 19 heavy (non-hydrogen) atoms. The molecule has 1 aliphatic heterocycles. The Bertz CT molecular complexity index is 388. The molecule has 5 heteroatoms. The number of nitrogens with one attached hydrogen (secondary N) is 1. The van der Waals surface area contributed by atoms with Gasteiger partial charge in [0.25, 0.3) is 0 Å². The molecule has 106 valence electrons. The molecule has 1 aromatic carbocycles. The molecule has 3 nitrogen and oxygen atoms in total. The maximum absolute atomic E-state index is 13.4. The van der Waals surface area contributed by atoms with Crippen LogP contribution in [-0.2, 0) is 4.74 Å². The number of halogens is 2. The molecule has 2 unspecified atom stereocenters. The van der Waals surface area contributed by atoms with Crippen molar-refractivity contribution in [2.24, 2.45) is 0 Å². The summed E-state index contributed by atoms with van der Waals surface area (Å²) in [5.41, 5.74) is -0.271. The van der Waals surface area contributed by atoms with Gasteiger partial charge in [-0.25, -0.2) is 8.78 Å². The fraction of sp³-hybridized carbons (Fsp3) is 0.571. The summed E-state index contributed by atoms with van der Waals surface area (Å²) in [6, 6.07) is 3.58. The minimum absolute atomic E-state index is 0.130. The molecule has 1 aromatic rings. The Hall–Kier alpha value is -1.04. The van der Waals surface area contributed by atoms with Gasteiger partial charge in [-0.15, -0.1) is 0 Å². The molecule has 0 aliphatic carbocycles. The third-order valence-electron chi connectivity index (χ3n) is 3.34. The van der Waals surface area contributed by atoms with Gasteiger partial charge in [0.05, 0.1) is 17.8 Å². The van der Waals surface area contributed by atoms with Gasteiger partial charge in [0, 0.05) is 13.2 Å². The number of aliphatic hydroxyl groups is 1. The number of ether oxygens (including phenoxy) is 1. The normalized spacial score (nSPS) is 20.7. The fourth-order valence-electron chi connectivity index (χ4n) is 2.30. The average molecular weight is 271 g/mol. The van der Waals surface area contributed by atoms with Crippen LogP contribution in [0.1, 0.15) is 30.9 Å². The van der Waals surface area contributed by atoms with Gasteiger partial charge in [-0.2, -0.15) is 0 Å². The van der Waals surface area contributed by atoms with Gasteiger partial charge in [0.15, 0.2) is 0 Å². The summed E-state index contributed by atoms with van der Waals surface area (Å²) in [5, 5.41) is 12.8. The van der Waals surface area contributed by atoms with E-state index in [2.05, 4.69) is 5.32 Å². The first-order valence-electron chi connectivity index (χ1n) is 6.63. The third kappa shape index (κ3) is 3.96. The molecule has 0 bridgehead atoms. The van der Waals surface area contributed by atoms with Gasteiger partial charge in [-0.05, 0) is 37.9 Å². The van der Waals surface area contributed by atoms with Crippen molar-refractivity contribution in [2.75, 3.05) is 19.7 Å². The predicted octanol–water partition coefficient (Wildman–Crippen LogP) is 2.16. The fourth-order valence-corrected chi connectivity index (χ4v) is 2.30. The van der Waals surface area contributed by atoms with Gasteiger partial charge >= 0.3 is 0 Å². The van der Waals surface area contributed by atoms with Gasteiger partial charge in [-0.3, -0.25) is 0 Å². The van der Waals surface area contributed by atoms with E-state index in [0.29, 0.717) is 6.54 Å². The zero-order valence-corrected chi connectivity index (χ0v) is 10.7. The van der Waals surface area contributed by atoms with Gasteiger partial charge < -0.3 is 15.2 Å². The Labute approximate surface area is 111 Å². The lowest BCUT2D eigenvalue weighted by Crippen LogP contribution is -2.26. The highest BCUT2D eigenvalue weighted by molar-refractivity contribution is 5.22. The molecule has 2 N–H and O–H groups in total. The second-order valence-electron chi connectivity index (χ2n) is 4.78. The number of hydrogen-bond donors (Lipinski definition) is 2. The first-order chi connectivity index (χ1) is 9.18. The molecule has 2 atom stereocenters. The van der Waals surface area contributed by atoms with E-state index in [9.17, 15) is 13.9 Å².